The lowest BCUT2D eigenvalue weighted by Crippen LogP contribution is -2.05. The average molecular weight is 286 g/mol. The van der Waals surface area contributed by atoms with Crippen molar-refractivity contribution in [1.29, 1.82) is 0 Å². The first kappa shape index (κ1) is 10.6. The predicted molar refractivity (Wildman–Crippen MR) is 53.3 cm³/mol. The Labute approximate surface area is 91.8 Å². The van der Waals surface area contributed by atoms with Crippen molar-refractivity contribution in [3.63, 3.8) is 0 Å². The van der Waals surface area contributed by atoms with Gasteiger partial charge >= 0.3 is 5.97 Å². The molecule has 0 amide bonds. The van der Waals surface area contributed by atoms with Crippen molar-refractivity contribution in [3.05, 3.63) is 20.3 Å². The van der Waals surface area contributed by atoms with Crippen molar-refractivity contribution < 1.29 is 9.90 Å². The van der Waals surface area contributed by atoms with E-state index in [4.69, 9.17) is 34.0 Å². The van der Waals surface area contributed by atoms with Gasteiger partial charge in [0.1, 0.15) is 5.02 Å². The fraction of sp³-hybridized carbons (Fsp3) is 0. The van der Waals surface area contributed by atoms with Crippen LogP contribution in [-0.2, 0) is 0 Å². The predicted octanol–water partition coefficient (Wildman–Crippen LogP) is 2.43. The number of carboxylic acid groups (broad SMARTS) is 1. The van der Waals surface area contributed by atoms with Gasteiger partial charge in [-0.25, -0.2) is 9.78 Å². The van der Waals surface area contributed by atoms with Gasteiger partial charge in [0.05, 0.1) is 10.2 Å². The van der Waals surface area contributed by atoms with E-state index >= 15 is 0 Å². The van der Waals surface area contributed by atoms with Gasteiger partial charge in [0.25, 0.3) is 0 Å². The van der Waals surface area contributed by atoms with Crippen LogP contribution in [0, 0.1) is 0 Å². The monoisotopic (exact) mass is 284 g/mol. The van der Waals surface area contributed by atoms with Crippen LogP contribution in [0.15, 0.2) is 4.47 Å². The largest absolute Gasteiger partial charge is 0.476 e. The molecule has 0 aliphatic carbocycles. The van der Waals surface area contributed by atoms with Gasteiger partial charge in [0.15, 0.2) is 10.8 Å². The first-order valence-electron chi connectivity index (χ1n) is 2.98. The van der Waals surface area contributed by atoms with E-state index in [0.717, 1.165) is 0 Å². The van der Waals surface area contributed by atoms with Gasteiger partial charge in [-0.3, -0.25) is 0 Å². The van der Waals surface area contributed by atoms with E-state index in [2.05, 4.69) is 20.9 Å². The van der Waals surface area contributed by atoms with Crippen LogP contribution in [0.4, 0.5) is 5.69 Å². The molecule has 0 aromatic carbocycles. The molecule has 0 unspecified atom stereocenters. The van der Waals surface area contributed by atoms with Gasteiger partial charge in [-0.2, -0.15) is 0 Å². The van der Waals surface area contributed by atoms with Crippen LogP contribution in [0.1, 0.15) is 10.5 Å². The lowest BCUT2D eigenvalue weighted by Gasteiger charge is -2.05. The summed E-state index contributed by atoms with van der Waals surface area (Å²) in [5.41, 5.74) is 5.27. The minimum atomic E-state index is -1.22. The Kier molecular flexibility index (Phi) is 3.00. The molecule has 1 aromatic heterocycles. The third-order valence-corrected chi connectivity index (χ3v) is 2.83. The summed E-state index contributed by atoms with van der Waals surface area (Å²) >= 11 is 14.1. The molecule has 0 saturated heterocycles. The number of aromatic carboxylic acids is 1. The maximum atomic E-state index is 10.6. The number of carboxylic acids is 1. The zero-order chi connectivity index (χ0) is 10.2. The van der Waals surface area contributed by atoms with Gasteiger partial charge in [-0.1, -0.05) is 23.2 Å². The third kappa shape index (κ3) is 1.87. The van der Waals surface area contributed by atoms with Gasteiger partial charge < -0.3 is 10.8 Å². The molecule has 1 rings (SSSR count). The summed E-state index contributed by atoms with van der Waals surface area (Å²) in [6.45, 7) is 0. The molecular weight excluding hydrogens is 283 g/mol. The number of hydrogen-bond acceptors (Lipinski definition) is 3. The Balaban J connectivity index is 3.50. The summed E-state index contributed by atoms with van der Waals surface area (Å²) in [5, 5.41) is 8.57. The Morgan fingerprint density at radius 2 is 2.08 bits per heavy atom. The van der Waals surface area contributed by atoms with Gasteiger partial charge in [-0.05, 0) is 15.9 Å². The molecule has 1 aromatic rings. The van der Waals surface area contributed by atoms with E-state index in [1.54, 1.807) is 0 Å². The highest BCUT2D eigenvalue weighted by Gasteiger charge is 2.18. The molecule has 0 aliphatic rings. The first-order valence-corrected chi connectivity index (χ1v) is 4.53. The van der Waals surface area contributed by atoms with Gasteiger partial charge in [-0.15, -0.1) is 0 Å². The first-order chi connectivity index (χ1) is 5.95. The second-order valence-electron chi connectivity index (χ2n) is 2.10. The zero-order valence-electron chi connectivity index (χ0n) is 6.01. The number of nitrogens with zero attached hydrogens (tertiary/aromatic N) is 1. The fourth-order valence-electron chi connectivity index (χ4n) is 0.673. The number of carbonyl (C=O) groups is 1. The summed E-state index contributed by atoms with van der Waals surface area (Å²) in [6, 6.07) is 0. The molecule has 0 fully saturated rings. The third-order valence-electron chi connectivity index (χ3n) is 1.27. The lowest BCUT2D eigenvalue weighted by molar-refractivity contribution is 0.0689. The van der Waals surface area contributed by atoms with Crippen LogP contribution < -0.4 is 5.73 Å². The smallest absolute Gasteiger partial charge is 0.355 e. The van der Waals surface area contributed by atoms with Crippen molar-refractivity contribution >= 4 is 50.8 Å². The maximum absolute atomic E-state index is 10.6. The molecule has 4 nitrogen and oxygen atoms in total. The van der Waals surface area contributed by atoms with Crippen molar-refractivity contribution in [1.82, 2.24) is 4.98 Å². The summed E-state index contributed by atoms with van der Waals surface area (Å²) in [4.78, 5) is 14.1. The van der Waals surface area contributed by atoms with E-state index in [1.807, 2.05) is 0 Å². The Morgan fingerprint density at radius 1 is 1.54 bits per heavy atom. The maximum Gasteiger partial charge on any atom is 0.355 e. The van der Waals surface area contributed by atoms with E-state index in [1.165, 1.54) is 0 Å². The normalized spacial score (nSPS) is 10.1. The van der Waals surface area contributed by atoms with Crippen LogP contribution in [0.5, 0.6) is 0 Å². The summed E-state index contributed by atoms with van der Waals surface area (Å²) in [6.07, 6.45) is 0. The van der Waals surface area contributed by atoms with Crippen molar-refractivity contribution in [2.45, 2.75) is 0 Å². The van der Waals surface area contributed by atoms with E-state index < -0.39 is 5.97 Å². The number of aromatic nitrogens is 1. The van der Waals surface area contributed by atoms with Crippen molar-refractivity contribution in [2.24, 2.45) is 0 Å². The molecule has 0 atom stereocenters. The number of nitrogens with two attached hydrogens (primary N) is 1. The number of anilines is 1. The summed E-state index contributed by atoms with van der Waals surface area (Å²) in [5.74, 6) is -1.22. The standard InChI is InChI=1S/C6H3BrCl2N2O2/c7-1-3(10)2(8)5(9)11-4(1)6(12)13/h(H2,10,11)(H,12,13). The number of pyridine rings is 1. The molecule has 1 heterocycles. The SMILES string of the molecule is Nc1c(Cl)c(Cl)nc(C(=O)O)c1Br. The average Bonchev–Trinajstić information content (AvgIpc) is 2.07. The van der Waals surface area contributed by atoms with Gasteiger partial charge in [0.2, 0.25) is 0 Å². The molecule has 0 bridgehead atoms. The number of halogens is 3. The van der Waals surface area contributed by atoms with Crippen LogP contribution >= 0.6 is 39.1 Å². The van der Waals surface area contributed by atoms with Crippen LogP contribution in [0.25, 0.3) is 0 Å². The minimum Gasteiger partial charge on any atom is -0.476 e. The van der Waals surface area contributed by atoms with Crippen LogP contribution in [0.2, 0.25) is 10.2 Å². The Bertz CT molecular complexity index is 383. The second kappa shape index (κ2) is 3.69. The Morgan fingerprint density at radius 3 is 2.54 bits per heavy atom. The van der Waals surface area contributed by atoms with Gasteiger partial charge in [0, 0.05) is 0 Å². The fourth-order valence-corrected chi connectivity index (χ4v) is 1.57. The highest BCUT2D eigenvalue weighted by Crippen LogP contribution is 2.34. The van der Waals surface area contributed by atoms with Crippen molar-refractivity contribution in [2.75, 3.05) is 5.73 Å². The molecule has 0 aliphatic heterocycles. The molecule has 3 N–H and O–H groups in total. The lowest BCUT2D eigenvalue weighted by atomic mass is 10.3. The quantitative estimate of drug-likeness (QED) is 0.777. The van der Waals surface area contributed by atoms with E-state index in [9.17, 15) is 4.79 Å². The summed E-state index contributed by atoms with van der Waals surface area (Å²) in [7, 11) is 0. The molecule has 13 heavy (non-hydrogen) atoms. The molecule has 0 spiro atoms. The highest BCUT2D eigenvalue weighted by molar-refractivity contribution is 9.10. The topological polar surface area (TPSA) is 76.2 Å². The minimum absolute atomic E-state index is 0.0403. The van der Waals surface area contributed by atoms with E-state index in [-0.39, 0.29) is 26.0 Å². The number of rotatable bonds is 1. The van der Waals surface area contributed by atoms with Crippen LogP contribution in [-0.4, -0.2) is 16.1 Å². The Hall–Kier alpha value is -0.520. The number of hydrogen-bond donors (Lipinski definition) is 2. The second-order valence-corrected chi connectivity index (χ2v) is 3.63. The molecular formula is C6H3BrCl2N2O2. The molecule has 0 radical (unpaired) electrons. The number of nitrogen functional groups attached to an aromatic ring is 1. The van der Waals surface area contributed by atoms with Crippen molar-refractivity contribution in [3.8, 4) is 0 Å². The zero-order valence-corrected chi connectivity index (χ0v) is 9.11. The highest BCUT2D eigenvalue weighted by atomic mass is 79.9. The van der Waals surface area contributed by atoms with Crippen LogP contribution in [0.3, 0.4) is 0 Å². The van der Waals surface area contributed by atoms with E-state index in [0.29, 0.717) is 0 Å². The molecule has 7 heteroatoms. The molecule has 70 valence electrons. The molecule has 0 saturated carbocycles. The summed E-state index contributed by atoms with van der Waals surface area (Å²) < 4.78 is 0.134.